The minimum atomic E-state index is -1.02. The third-order valence-electron chi connectivity index (χ3n) is 7.09. The summed E-state index contributed by atoms with van der Waals surface area (Å²) in [7, 11) is 1.24. The van der Waals surface area contributed by atoms with Crippen LogP contribution in [-0.4, -0.2) is 67.7 Å². The van der Waals surface area contributed by atoms with E-state index < -0.39 is 30.1 Å². The molecule has 1 heterocycles. The van der Waals surface area contributed by atoms with Gasteiger partial charge in [0.05, 0.1) is 20.3 Å². The van der Waals surface area contributed by atoms with Gasteiger partial charge in [-0.25, -0.2) is 9.59 Å². The summed E-state index contributed by atoms with van der Waals surface area (Å²) in [6, 6.07) is 5.72. The molecule has 2 N–H and O–H groups in total. The number of fused-ring (bicyclic) bond motifs is 1. The van der Waals surface area contributed by atoms with Gasteiger partial charge in [0.2, 0.25) is 11.8 Å². The first-order valence-electron chi connectivity index (χ1n) is 13.7. The van der Waals surface area contributed by atoms with E-state index in [1.807, 2.05) is 31.2 Å². The molecule has 1 aromatic rings. The minimum absolute atomic E-state index is 0.0431. The second-order valence-corrected chi connectivity index (χ2v) is 9.97. The third kappa shape index (κ3) is 8.92. The number of alkyl carbamates (subject to hydrolysis) is 1. The molecule has 2 aliphatic rings. The van der Waals surface area contributed by atoms with Gasteiger partial charge in [-0.3, -0.25) is 9.59 Å². The summed E-state index contributed by atoms with van der Waals surface area (Å²) >= 11 is 0. The van der Waals surface area contributed by atoms with E-state index in [1.54, 1.807) is 4.90 Å². The first-order chi connectivity index (χ1) is 18.4. The topological polar surface area (TPSA) is 123 Å². The van der Waals surface area contributed by atoms with Crippen molar-refractivity contribution in [2.45, 2.75) is 83.3 Å². The van der Waals surface area contributed by atoms with Gasteiger partial charge in [0, 0.05) is 18.5 Å². The van der Waals surface area contributed by atoms with Gasteiger partial charge < -0.3 is 29.7 Å². The summed E-state index contributed by atoms with van der Waals surface area (Å²) in [6.45, 7) is 3.36. The van der Waals surface area contributed by atoms with Crippen molar-refractivity contribution in [2.75, 3.05) is 26.9 Å². The highest BCUT2D eigenvalue weighted by molar-refractivity contribution is 5.90. The number of carbonyl (C=O) groups excluding carboxylic acids is 4. The van der Waals surface area contributed by atoms with E-state index in [2.05, 4.69) is 10.6 Å². The molecule has 0 bridgehead atoms. The first-order valence-corrected chi connectivity index (χ1v) is 13.7. The number of esters is 1. The summed E-state index contributed by atoms with van der Waals surface area (Å²) in [5, 5.41) is 5.41. The molecular formula is C28H41N3O7. The quantitative estimate of drug-likeness (QED) is 0.420. The standard InChI is InChI=1S/C28H41N3O7/c1-3-16-38-28(35)30-23(18-20-9-5-4-6-10-20)26(33)29-22(27(34)36-2)13-14-25(32)31-15-17-37-24-12-8-7-11-21(24)19-31/h7-8,11-12,20,22-23H,3-6,9-10,13-19H2,1-2H3,(H,29,33)(H,30,35). The number of ether oxygens (including phenoxy) is 3. The SMILES string of the molecule is CCCOC(=O)NC(CC1CCCCC1)C(=O)NC(CCC(=O)N1CCOc2ccccc2C1)C(=O)OC. The summed E-state index contributed by atoms with van der Waals surface area (Å²) in [5.74, 6) is -0.202. The molecule has 0 radical (unpaired) electrons. The zero-order valence-corrected chi connectivity index (χ0v) is 22.5. The van der Waals surface area contributed by atoms with Crippen molar-refractivity contribution in [3.63, 3.8) is 0 Å². The molecule has 210 valence electrons. The highest BCUT2D eigenvalue weighted by atomic mass is 16.5. The zero-order chi connectivity index (χ0) is 27.3. The molecular weight excluding hydrogens is 490 g/mol. The second kappa shape index (κ2) is 15.2. The number of hydrogen-bond acceptors (Lipinski definition) is 7. The molecule has 2 unspecified atom stereocenters. The van der Waals surface area contributed by atoms with Crippen molar-refractivity contribution in [1.29, 1.82) is 0 Å². The normalized spacial score (nSPS) is 17.2. The maximum atomic E-state index is 13.3. The molecule has 0 spiro atoms. The minimum Gasteiger partial charge on any atom is -0.491 e. The van der Waals surface area contributed by atoms with Crippen LogP contribution in [0, 0.1) is 5.92 Å². The Morgan fingerprint density at radius 2 is 1.84 bits per heavy atom. The highest BCUT2D eigenvalue weighted by Gasteiger charge is 2.31. The Kier molecular flexibility index (Phi) is 11.7. The van der Waals surface area contributed by atoms with Crippen molar-refractivity contribution in [3.05, 3.63) is 29.8 Å². The molecule has 1 aliphatic heterocycles. The summed E-state index contributed by atoms with van der Waals surface area (Å²) in [5.41, 5.74) is 0.919. The summed E-state index contributed by atoms with van der Waals surface area (Å²) < 4.78 is 15.8. The number of carbonyl (C=O) groups is 4. The molecule has 1 aromatic carbocycles. The van der Waals surface area contributed by atoms with E-state index in [-0.39, 0.29) is 25.4 Å². The van der Waals surface area contributed by atoms with Gasteiger partial charge in [0.25, 0.3) is 0 Å². The second-order valence-electron chi connectivity index (χ2n) is 9.97. The van der Waals surface area contributed by atoms with Crippen LogP contribution in [0.4, 0.5) is 4.79 Å². The van der Waals surface area contributed by atoms with Crippen LogP contribution in [0.2, 0.25) is 0 Å². The number of amides is 3. The maximum Gasteiger partial charge on any atom is 0.407 e. The Hall–Kier alpha value is -3.30. The lowest BCUT2D eigenvalue weighted by Crippen LogP contribution is -2.52. The van der Waals surface area contributed by atoms with Crippen LogP contribution in [0.3, 0.4) is 0 Å². The van der Waals surface area contributed by atoms with Crippen molar-refractivity contribution >= 4 is 23.9 Å². The number of para-hydroxylation sites is 1. The number of methoxy groups -OCH3 is 1. The predicted molar refractivity (Wildman–Crippen MR) is 140 cm³/mol. The van der Waals surface area contributed by atoms with Crippen LogP contribution in [0.1, 0.15) is 70.3 Å². The Morgan fingerprint density at radius 1 is 1.08 bits per heavy atom. The van der Waals surface area contributed by atoms with Gasteiger partial charge in [0.1, 0.15) is 24.4 Å². The van der Waals surface area contributed by atoms with Gasteiger partial charge in [0.15, 0.2) is 0 Å². The molecule has 1 saturated carbocycles. The van der Waals surface area contributed by atoms with Gasteiger partial charge in [-0.1, -0.05) is 57.2 Å². The lowest BCUT2D eigenvalue weighted by atomic mass is 9.84. The van der Waals surface area contributed by atoms with Gasteiger partial charge in [-0.15, -0.1) is 0 Å². The molecule has 0 saturated heterocycles. The summed E-state index contributed by atoms with van der Waals surface area (Å²) in [6.07, 6.45) is 5.95. The van der Waals surface area contributed by atoms with Crippen LogP contribution in [0.5, 0.6) is 5.75 Å². The molecule has 3 rings (SSSR count). The Morgan fingerprint density at radius 3 is 2.58 bits per heavy atom. The fraction of sp³-hybridized carbons (Fsp3) is 0.643. The van der Waals surface area contributed by atoms with Crippen LogP contribution < -0.4 is 15.4 Å². The van der Waals surface area contributed by atoms with Crippen LogP contribution in [0.15, 0.2) is 24.3 Å². The van der Waals surface area contributed by atoms with Gasteiger partial charge in [-0.05, 0) is 31.2 Å². The van der Waals surface area contributed by atoms with E-state index in [4.69, 9.17) is 14.2 Å². The average Bonchev–Trinajstić information content (AvgIpc) is 3.16. The number of hydrogen-bond donors (Lipinski definition) is 2. The van der Waals surface area contributed by atoms with Crippen molar-refractivity contribution < 1.29 is 33.4 Å². The third-order valence-corrected chi connectivity index (χ3v) is 7.09. The number of rotatable bonds is 11. The molecule has 0 aromatic heterocycles. The lowest BCUT2D eigenvalue weighted by Gasteiger charge is -2.28. The van der Waals surface area contributed by atoms with E-state index in [1.165, 1.54) is 13.5 Å². The monoisotopic (exact) mass is 531 g/mol. The molecule has 2 atom stereocenters. The van der Waals surface area contributed by atoms with Crippen LogP contribution >= 0.6 is 0 Å². The molecule has 1 aliphatic carbocycles. The zero-order valence-electron chi connectivity index (χ0n) is 22.5. The van der Waals surface area contributed by atoms with Crippen molar-refractivity contribution in [3.8, 4) is 5.75 Å². The van der Waals surface area contributed by atoms with Crippen molar-refractivity contribution in [1.82, 2.24) is 15.5 Å². The highest BCUT2D eigenvalue weighted by Crippen LogP contribution is 2.27. The van der Waals surface area contributed by atoms with E-state index in [9.17, 15) is 19.2 Å². The van der Waals surface area contributed by atoms with Crippen LogP contribution in [-0.2, 0) is 30.4 Å². The largest absolute Gasteiger partial charge is 0.491 e. The Labute approximate surface area is 224 Å². The van der Waals surface area contributed by atoms with Crippen LogP contribution in [0.25, 0.3) is 0 Å². The fourth-order valence-electron chi connectivity index (χ4n) is 4.99. The van der Waals surface area contributed by atoms with Gasteiger partial charge >= 0.3 is 12.1 Å². The molecule has 3 amide bonds. The number of nitrogens with zero attached hydrogens (tertiary/aromatic N) is 1. The number of nitrogens with one attached hydrogen (secondary N) is 2. The van der Waals surface area contributed by atoms with Crippen molar-refractivity contribution in [2.24, 2.45) is 5.92 Å². The Balaban J connectivity index is 1.62. The van der Waals surface area contributed by atoms with Gasteiger partial charge in [-0.2, -0.15) is 0 Å². The smallest absolute Gasteiger partial charge is 0.407 e. The summed E-state index contributed by atoms with van der Waals surface area (Å²) in [4.78, 5) is 52.8. The molecule has 38 heavy (non-hydrogen) atoms. The molecule has 1 fully saturated rings. The lowest BCUT2D eigenvalue weighted by molar-refractivity contribution is -0.146. The van der Waals surface area contributed by atoms with E-state index in [0.717, 1.165) is 37.0 Å². The number of benzene rings is 1. The van der Waals surface area contributed by atoms with E-state index >= 15 is 0 Å². The maximum absolute atomic E-state index is 13.3. The first kappa shape index (κ1) is 29.3. The average molecular weight is 532 g/mol. The Bertz CT molecular complexity index is 948. The molecule has 10 heteroatoms. The van der Waals surface area contributed by atoms with E-state index in [0.29, 0.717) is 38.5 Å². The molecule has 10 nitrogen and oxygen atoms in total. The fourth-order valence-corrected chi connectivity index (χ4v) is 4.99. The predicted octanol–water partition coefficient (Wildman–Crippen LogP) is 3.32.